The molecule has 1 aliphatic rings. The van der Waals surface area contributed by atoms with Crippen molar-refractivity contribution in [2.75, 3.05) is 26.2 Å². The molecular formula is C23H28N2O3. The molecule has 2 aromatic carbocycles. The fourth-order valence-electron chi connectivity index (χ4n) is 3.63. The lowest BCUT2D eigenvalue weighted by atomic mass is 9.97. The van der Waals surface area contributed by atoms with E-state index in [1.807, 2.05) is 24.3 Å². The van der Waals surface area contributed by atoms with Crippen molar-refractivity contribution in [2.45, 2.75) is 26.7 Å². The lowest BCUT2D eigenvalue weighted by molar-refractivity contribution is -0.143. The predicted molar refractivity (Wildman–Crippen MR) is 111 cm³/mol. The van der Waals surface area contributed by atoms with Crippen molar-refractivity contribution >= 4 is 11.7 Å². The molecular weight excluding hydrogens is 352 g/mol. The molecule has 1 N–H and O–H groups in total. The number of nitrogens with zero attached hydrogens (tertiary/aromatic N) is 2. The number of aryl methyl sites for hydroxylation is 2. The number of carboxylic acids is 1. The highest BCUT2D eigenvalue weighted by molar-refractivity contribution is 6.13. The van der Waals surface area contributed by atoms with Crippen LogP contribution in [0.1, 0.15) is 35.1 Å². The largest absolute Gasteiger partial charge is 0.481 e. The highest BCUT2D eigenvalue weighted by atomic mass is 16.6. The van der Waals surface area contributed by atoms with Gasteiger partial charge in [-0.2, -0.15) is 0 Å². The van der Waals surface area contributed by atoms with Crippen molar-refractivity contribution in [1.82, 2.24) is 4.90 Å². The van der Waals surface area contributed by atoms with Crippen molar-refractivity contribution in [3.63, 3.8) is 0 Å². The Morgan fingerprint density at radius 3 is 2.79 bits per heavy atom. The van der Waals surface area contributed by atoms with Crippen molar-refractivity contribution in [1.29, 1.82) is 0 Å². The Bertz CT molecular complexity index is 847. The van der Waals surface area contributed by atoms with Crippen molar-refractivity contribution < 1.29 is 14.7 Å². The third-order valence-corrected chi connectivity index (χ3v) is 5.20. The Morgan fingerprint density at radius 2 is 2.04 bits per heavy atom. The highest BCUT2D eigenvalue weighted by Gasteiger charge is 2.25. The topological polar surface area (TPSA) is 62.1 Å². The first-order valence-corrected chi connectivity index (χ1v) is 9.83. The van der Waals surface area contributed by atoms with Gasteiger partial charge in [-0.1, -0.05) is 53.2 Å². The summed E-state index contributed by atoms with van der Waals surface area (Å²) in [4.78, 5) is 19.1. The van der Waals surface area contributed by atoms with Gasteiger partial charge in [-0.05, 0) is 44.9 Å². The van der Waals surface area contributed by atoms with Crippen LogP contribution in [0, 0.1) is 19.8 Å². The summed E-state index contributed by atoms with van der Waals surface area (Å²) in [6.45, 7) is 6.76. The second kappa shape index (κ2) is 9.51. The van der Waals surface area contributed by atoms with Crippen LogP contribution in [-0.4, -0.2) is 47.9 Å². The zero-order valence-corrected chi connectivity index (χ0v) is 16.6. The number of oxime groups is 1. The molecule has 148 valence electrons. The number of likely N-dealkylation sites (tertiary alicyclic amines) is 1. The average molecular weight is 380 g/mol. The van der Waals surface area contributed by atoms with Gasteiger partial charge in [0.1, 0.15) is 12.3 Å². The number of piperidine rings is 1. The minimum atomic E-state index is -0.704. The minimum Gasteiger partial charge on any atom is -0.481 e. The number of hydrogen-bond donors (Lipinski definition) is 1. The molecule has 1 fully saturated rings. The van der Waals surface area contributed by atoms with Crippen LogP contribution in [0.15, 0.2) is 53.7 Å². The number of rotatable bonds is 7. The van der Waals surface area contributed by atoms with Crippen LogP contribution in [-0.2, 0) is 9.63 Å². The van der Waals surface area contributed by atoms with Crippen molar-refractivity contribution in [2.24, 2.45) is 11.1 Å². The molecule has 0 aliphatic carbocycles. The third-order valence-electron chi connectivity index (χ3n) is 5.20. The highest BCUT2D eigenvalue weighted by Crippen LogP contribution is 2.18. The lowest BCUT2D eigenvalue weighted by Crippen LogP contribution is -2.40. The molecule has 2 aromatic rings. The van der Waals surface area contributed by atoms with E-state index >= 15 is 0 Å². The number of benzene rings is 2. The van der Waals surface area contributed by atoms with E-state index in [-0.39, 0.29) is 5.92 Å². The monoisotopic (exact) mass is 380 g/mol. The van der Waals surface area contributed by atoms with Crippen LogP contribution in [0.5, 0.6) is 0 Å². The summed E-state index contributed by atoms with van der Waals surface area (Å²) in [6.07, 6.45) is 1.67. The summed E-state index contributed by atoms with van der Waals surface area (Å²) in [7, 11) is 0. The number of hydrogen-bond acceptors (Lipinski definition) is 4. The van der Waals surface area contributed by atoms with E-state index in [9.17, 15) is 9.90 Å². The zero-order valence-electron chi connectivity index (χ0n) is 16.6. The maximum absolute atomic E-state index is 11.2. The van der Waals surface area contributed by atoms with Gasteiger partial charge in [0, 0.05) is 24.2 Å². The van der Waals surface area contributed by atoms with E-state index in [0.717, 1.165) is 41.8 Å². The molecule has 28 heavy (non-hydrogen) atoms. The van der Waals surface area contributed by atoms with Crippen LogP contribution in [0.3, 0.4) is 0 Å². The molecule has 0 spiro atoms. The Labute approximate surface area is 166 Å². The molecule has 1 unspecified atom stereocenters. The predicted octanol–water partition coefficient (Wildman–Crippen LogP) is 3.87. The van der Waals surface area contributed by atoms with Crippen LogP contribution < -0.4 is 0 Å². The van der Waals surface area contributed by atoms with Gasteiger partial charge in [0.15, 0.2) is 0 Å². The Kier molecular flexibility index (Phi) is 6.82. The van der Waals surface area contributed by atoms with Gasteiger partial charge in [-0.25, -0.2) is 0 Å². The summed E-state index contributed by atoms with van der Waals surface area (Å²) in [6, 6.07) is 16.4. The van der Waals surface area contributed by atoms with Gasteiger partial charge in [-0.3, -0.25) is 9.69 Å². The molecule has 5 heteroatoms. The van der Waals surface area contributed by atoms with Gasteiger partial charge in [0.25, 0.3) is 0 Å². The third kappa shape index (κ3) is 5.20. The molecule has 5 nitrogen and oxygen atoms in total. The van der Waals surface area contributed by atoms with Gasteiger partial charge < -0.3 is 9.94 Å². The smallest absolute Gasteiger partial charge is 0.307 e. The molecule has 0 saturated carbocycles. The number of aliphatic carboxylic acids is 1. The van der Waals surface area contributed by atoms with Crippen molar-refractivity contribution in [3.05, 3.63) is 70.8 Å². The molecule has 1 heterocycles. The first-order chi connectivity index (χ1) is 13.5. The van der Waals surface area contributed by atoms with Gasteiger partial charge in [0.05, 0.1) is 5.92 Å². The Balaban J connectivity index is 1.70. The first kappa shape index (κ1) is 20.1. The van der Waals surface area contributed by atoms with Gasteiger partial charge in [-0.15, -0.1) is 0 Å². The van der Waals surface area contributed by atoms with E-state index < -0.39 is 5.97 Å². The van der Waals surface area contributed by atoms with Gasteiger partial charge >= 0.3 is 5.97 Å². The summed E-state index contributed by atoms with van der Waals surface area (Å²) in [5, 5.41) is 13.7. The minimum absolute atomic E-state index is 0.271. The van der Waals surface area contributed by atoms with Crippen LogP contribution in [0.25, 0.3) is 0 Å². The fourth-order valence-corrected chi connectivity index (χ4v) is 3.63. The quantitative estimate of drug-likeness (QED) is 0.450. The average Bonchev–Trinajstić information content (AvgIpc) is 2.69. The van der Waals surface area contributed by atoms with E-state index in [1.54, 1.807) is 0 Å². The standard InChI is InChI=1S/C23H28N2O3/c1-17-7-5-9-19(15-17)22(21-11-4-3-8-18(21)2)24-28-14-13-25-12-6-10-20(16-25)23(26)27/h3-5,7-9,11,15,20H,6,10,12-14,16H2,1-2H3,(H,26,27)/b24-22+. The number of carbonyl (C=O) groups is 1. The van der Waals surface area contributed by atoms with Crippen LogP contribution in [0.2, 0.25) is 0 Å². The molecule has 1 aliphatic heterocycles. The van der Waals surface area contributed by atoms with E-state index in [2.05, 4.69) is 48.2 Å². The molecule has 3 rings (SSSR count). The maximum atomic E-state index is 11.2. The Morgan fingerprint density at radius 1 is 1.21 bits per heavy atom. The van der Waals surface area contributed by atoms with E-state index in [0.29, 0.717) is 19.7 Å². The first-order valence-electron chi connectivity index (χ1n) is 9.83. The molecule has 1 atom stereocenters. The Hall–Kier alpha value is -2.66. The summed E-state index contributed by atoms with van der Waals surface area (Å²) < 4.78 is 0. The summed E-state index contributed by atoms with van der Waals surface area (Å²) in [5.41, 5.74) is 5.22. The summed E-state index contributed by atoms with van der Waals surface area (Å²) >= 11 is 0. The van der Waals surface area contributed by atoms with E-state index in [4.69, 9.17) is 4.84 Å². The fraction of sp³-hybridized carbons (Fsp3) is 0.391. The summed E-state index contributed by atoms with van der Waals surface area (Å²) in [5.74, 6) is -0.975. The zero-order chi connectivity index (χ0) is 19.9. The molecule has 1 saturated heterocycles. The lowest BCUT2D eigenvalue weighted by Gasteiger charge is -2.30. The second-order valence-electron chi connectivity index (χ2n) is 7.44. The van der Waals surface area contributed by atoms with Gasteiger partial charge in [0.2, 0.25) is 0 Å². The van der Waals surface area contributed by atoms with Crippen LogP contribution in [0.4, 0.5) is 0 Å². The normalized spacial score (nSPS) is 18.1. The number of carboxylic acid groups (broad SMARTS) is 1. The van der Waals surface area contributed by atoms with Crippen molar-refractivity contribution in [3.8, 4) is 0 Å². The molecule has 0 radical (unpaired) electrons. The second-order valence-corrected chi connectivity index (χ2v) is 7.44. The van der Waals surface area contributed by atoms with E-state index in [1.165, 1.54) is 5.56 Å². The molecule has 0 amide bonds. The molecule has 0 bridgehead atoms. The molecule has 0 aromatic heterocycles. The SMILES string of the molecule is Cc1cccc(/C(=N\OCCN2CCCC(C(=O)O)C2)c2ccccc2C)c1. The maximum Gasteiger partial charge on any atom is 0.307 e. The van der Waals surface area contributed by atoms with Crippen LogP contribution >= 0.6 is 0 Å².